The van der Waals surface area contributed by atoms with Crippen molar-refractivity contribution in [3.8, 4) is 0 Å². The van der Waals surface area contributed by atoms with E-state index >= 15 is 0 Å². The molecular formula is C14H22FNO3. The van der Waals surface area contributed by atoms with Gasteiger partial charge in [-0.2, -0.15) is 0 Å². The molecule has 1 aliphatic carbocycles. The van der Waals surface area contributed by atoms with Crippen molar-refractivity contribution in [1.82, 2.24) is 4.90 Å². The predicted octanol–water partition coefficient (Wildman–Crippen LogP) is 1.64. The summed E-state index contributed by atoms with van der Waals surface area (Å²) in [6.45, 7) is 4.40. The third kappa shape index (κ3) is 2.98. The second-order valence-corrected chi connectivity index (χ2v) is 5.62. The summed E-state index contributed by atoms with van der Waals surface area (Å²) in [6.07, 6.45) is 2.18. The van der Waals surface area contributed by atoms with E-state index < -0.39 is 17.8 Å². The average Bonchev–Trinajstić information content (AvgIpc) is 2.83. The zero-order valence-electron chi connectivity index (χ0n) is 11.6. The van der Waals surface area contributed by atoms with Gasteiger partial charge in [-0.3, -0.25) is 4.79 Å². The number of carbonyl (C=O) groups excluding carboxylic acids is 1. The van der Waals surface area contributed by atoms with Crippen LogP contribution in [0.15, 0.2) is 11.4 Å². The highest BCUT2D eigenvalue weighted by Gasteiger charge is 2.40. The molecule has 2 aliphatic rings. The molecule has 0 aromatic rings. The SMILES string of the molecule is CC(C)=C(F)C(=O)N1CCOC[C@@H]1[C@H]1CCC[C@H]1O. The van der Waals surface area contributed by atoms with Gasteiger partial charge in [-0.1, -0.05) is 6.42 Å². The maximum atomic E-state index is 13.8. The average molecular weight is 271 g/mol. The molecule has 19 heavy (non-hydrogen) atoms. The highest BCUT2D eigenvalue weighted by Crippen LogP contribution is 2.33. The minimum atomic E-state index is -0.681. The summed E-state index contributed by atoms with van der Waals surface area (Å²) in [7, 11) is 0. The molecule has 0 aromatic heterocycles. The maximum Gasteiger partial charge on any atom is 0.282 e. The fourth-order valence-electron chi connectivity index (χ4n) is 2.99. The van der Waals surface area contributed by atoms with Crippen molar-refractivity contribution in [2.45, 2.75) is 45.3 Å². The first-order chi connectivity index (χ1) is 9.02. The van der Waals surface area contributed by atoms with E-state index in [9.17, 15) is 14.3 Å². The molecule has 1 amide bonds. The lowest BCUT2D eigenvalue weighted by Gasteiger charge is -2.39. The van der Waals surface area contributed by atoms with Crippen molar-refractivity contribution in [1.29, 1.82) is 0 Å². The third-order valence-corrected chi connectivity index (χ3v) is 4.08. The van der Waals surface area contributed by atoms with E-state index in [1.807, 2.05) is 0 Å². The Kier molecular flexibility index (Phi) is 4.58. The van der Waals surface area contributed by atoms with Crippen LogP contribution >= 0.6 is 0 Å². The lowest BCUT2D eigenvalue weighted by Crippen LogP contribution is -2.53. The Balaban J connectivity index is 2.16. The molecule has 0 spiro atoms. The van der Waals surface area contributed by atoms with Crippen LogP contribution in [0.5, 0.6) is 0 Å². The van der Waals surface area contributed by atoms with Gasteiger partial charge in [-0.25, -0.2) is 4.39 Å². The van der Waals surface area contributed by atoms with E-state index in [0.717, 1.165) is 19.3 Å². The summed E-state index contributed by atoms with van der Waals surface area (Å²) in [5, 5.41) is 9.99. The molecule has 1 heterocycles. The van der Waals surface area contributed by atoms with Crippen molar-refractivity contribution in [3.63, 3.8) is 0 Å². The van der Waals surface area contributed by atoms with Crippen molar-refractivity contribution < 1.29 is 19.0 Å². The number of morpholine rings is 1. The number of aliphatic hydroxyl groups excluding tert-OH is 1. The van der Waals surface area contributed by atoms with Crippen LogP contribution in [-0.4, -0.2) is 47.8 Å². The Hall–Kier alpha value is -0.940. The normalized spacial score (nSPS) is 31.4. The van der Waals surface area contributed by atoms with Crippen LogP contribution in [0, 0.1) is 5.92 Å². The third-order valence-electron chi connectivity index (χ3n) is 4.08. The molecule has 0 radical (unpaired) electrons. The van der Waals surface area contributed by atoms with Crippen molar-refractivity contribution in [3.05, 3.63) is 11.4 Å². The van der Waals surface area contributed by atoms with Crippen LogP contribution < -0.4 is 0 Å². The fourth-order valence-corrected chi connectivity index (χ4v) is 2.99. The Morgan fingerprint density at radius 2 is 2.11 bits per heavy atom. The standard InChI is InChI=1S/C14H22FNO3/c1-9(2)13(15)14(18)16-6-7-19-8-11(16)10-4-3-5-12(10)17/h10-12,17H,3-8H2,1-2H3/t10-,11-,12-/m1/s1. The van der Waals surface area contributed by atoms with Gasteiger partial charge in [0.25, 0.3) is 5.91 Å². The molecule has 4 nitrogen and oxygen atoms in total. The van der Waals surface area contributed by atoms with E-state index in [0.29, 0.717) is 25.3 Å². The van der Waals surface area contributed by atoms with Gasteiger partial charge >= 0.3 is 0 Å². The van der Waals surface area contributed by atoms with Crippen LogP contribution in [0.2, 0.25) is 0 Å². The molecule has 1 aliphatic heterocycles. The van der Waals surface area contributed by atoms with E-state index in [2.05, 4.69) is 0 Å². The molecular weight excluding hydrogens is 249 g/mol. The van der Waals surface area contributed by atoms with E-state index in [4.69, 9.17) is 4.74 Å². The number of halogens is 1. The summed E-state index contributed by atoms with van der Waals surface area (Å²) in [4.78, 5) is 13.7. The topological polar surface area (TPSA) is 49.8 Å². The Bertz CT molecular complexity index is 379. The maximum absolute atomic E-state index is 13.8. The van der Waals surface area contributed by atoms with Gasteiger partial charge in [0.15, 0.2) is 5.83 Å². The molecule has 5 heteroatoms. The molecule has 1 saturated carbocycles. The Morgan fingerprint density at radius 1 is 1.37 bits per heavy atom. The first-order valence-corrected chi connectivity index (χ1v) is 6.92. The van der Waals surface area contributed by atoms with E-state index in [1.54, 1.807) is 18.7 Å². The van der Waals surface area contributed by atoms with Crippen molar-refractivity contribution in [2.24, 2.45) is 5.92 Å². The zero-order chi connectivity index (χ0) is 14.0. The molecule has 0 bridgehead atoms. The fraction of sp³-hybridized carbons (Fsp3) is 0.786. The molecule has 2 fully saturated rings. The van der Waals surface area contributed by atoms with Crippen molar-refractivity contribution in [2.75, 3.05) is 19.8 Å². The van der Waals surface area contributed by atoms with Gasteiger partial charge in [0.05, 0.1) is 25.4 Å². The summed E-state index contributed by atoms with van der Waals surface area (Å²) in [5.74, 6) is -1.24. The number of carbonyl (C=O) groups is 1. The van der Waals surface area contributed by atoms with Gasteiger partial charge in [-0.15, -0.1) is 0 Å². The molecule has 108 valence electrons. The first kappa shape index (κ1) is 14.5. The van der Waals surface area contributed by atoms with Crippen LogP contribution in [0.25, 0.3) is 0 Å². The van der Waals surface area contributed by atoms with E-state index in [1.165, 1.54) is 0 Å². The summed E-state index contributed by atoms with van der Waals surface area (Å²) < 4.78 is 19.3. The van der Waals surface area contributed by atoms with Gasteiger partial charge in [-0.05, 0) is 32.3 Å². The lowest BCUT2D eigenvalue weighted by molar-refractivity contribution is -0.141. The minimum absolute atomic E-state index is 0.00853. The number of hydrogen-bond acceptors (Lipinski definition) is 3. The van der Waals surface area contributed by atoms with Crippen LogP contribution in [-0.2, 0) is 9.53 Å². The number of allylic oxidation sites excluding steroid dienone is 1. The van der Waals surface area contributed by atoms with Crippen LogP contribution in [0.4, 0.5) is 4.39 Å². The minimum Gasteiger partial charge on any atom is -0.393 e. The van der Waals surface area contributed by atoms with Gasteiger partial charge in [0.1, 0.15) is 0 Å². The summed E-state index contributed by atoms with van der Waals surface area (Å²) >= 11 is 0. The molecule has 2 rings (SSSR count). The molecule has 0 unspecified atom stereocenters. The highest BCUT2D eigenvalue weighted by molar-refractivity contribution is 5.92. The Morgan fingerprint density at radius 3 is 2.68 bits per heavy atom. The molecule has 0 aromatic carbocycles. The van der Waals surface area contributed by atoms with Gasteiger partial charge < -0.3 is 14.7 Å². The summed E-state index contributed by atoms with van der Waals surface area (Å²) in [6, 6.07) is -0.205. The second kappa shape index (κ2) is 6.01. The number of nitrogens with zero attached hydrogens (tertiary/aromatic N) is 1. The summed E-state index contributed by atoms with van der Waals surface area (Å²) in [5.41, 5.74) is 0.391. The zero-order valence-corrected chi connectivity index (χ0v) is 11.6. The van der Waals surface area contributed by atoms with Gasteiger partial charge in [0, 0.05) is 12.5 Å². The second-order valence-electron chi connectivity index (χ2n) is 5.62. The Labute approximate surface area is 113 Å². The molecule has 3 atom stereocenters. The number of hydrogen-bond donors (Lipinski definition) is 1. The number of amides is 1. The highest BCUT2D eigenvalue weighted by atomic mass is 19.1. The number of ether oxygens (including phenoxy) is 1. The lowest BCUT2D eigenvalue weighted by atomic mass is 9.94. The van der Waals surface area contributed by atoms with Crippen molar-refractivity contribution >= 4 is 5.91 Å². The molecule has 1 N–H and O–H groups in total. The first-order valence-electron chi connectivity index (χ1n) is 6.92. The smallest absolute Gasteiger partial charge is 0.282 e. The largest absolute Gasteiger partial charge is 0.393 e. The van der Waals surface area contributed by atoms with Gasteiger partial charge in [0.2, 0.25) is 0 Å². The van der Waals surface area contributed by atoms with Crippen LogP contribution in [0.1, 0.15) is 33.1 Å². The predicted molar refractivity (Wildman–Crippen MR) is 69.1 cm³/mol. The monoisotopic (exact) mass is 271 g/mol. The quantitative estimate of drug-likeness (QED) is 0.777. The number of aliphatic hydroxyl groups is 1. The van der Waals surface area contributed by atoms with E-state index in [-0.39, 0.29) is 12.0 Å². The molecule has 1 saturated heterocycles. The van der Waals surface area contributed by atoms with Crippen LogP contribution in [0.3, 0.4) is 0 Å². The number of rotatable bonds is 2.